The van der Waals surface area contributed by atoms with E-state index < -0.39 is 5.97 Å². The zero-order valence-corrected chi connectivity index (χ0v) is 17.2. The molecule has 0 heterocycles. The van der Waals surface area contributed by atoms with Gasteiger partial charge in [-0.05, 0) is 25.7 Å². The van der Waals surface area contributed by atoms with Crippen molar-refractivity contribution in [3.05, 3.63) is 11.6 Å². The van der Waals surface area contributed by atoms with Gasteiger partial charge in [0.1, 0.15) is 0 Å². The normalized spacial score (nSPS) is 11.8. The molecule has 0 aliphatic rings. The summed E-state index contributed by atoms with van der Waals surface area (Å²) in [5.41, 5.74) is 0.647. The summed E-state index contributed by atoms with van der Waals surface area (Å²) in [7, 11) is 0. The second kappa shape index (κ2) is 19.5. The lowest BCUT2D eigenvalue weighted by Crippen LogP contribution is -2.00. The summed E-state index contributed by atoms with van der Waals surface area (Å²) < 4.78 is 0. The predicted octanol–water partition coefficient (Wildman–Crippen LogP) is 8.06. The fraction of sp³-hybridized carbons (Fsp3) is 0.870. The maximum absolute atomic E-state index is 11.3. The lowest BCUT2D eigenvalue weighted by molar-refractivity contribution is -0.132. The highest BCUT2D eigenvalue weighted by molar-refractivity contribution is 5.86. The lowest BCUT2D eigenvalue weighted by atomic mass is 10.0. The minimum absolute atomic E-state index is 0.647. The molecule has 0 saturated carbocycles. The van der Waals surface area contributed by atoms with Gasteiger partial charge in [-0.2, -0.15) is 0 Å². The third-order valence-electron chi connectivity index (χ3n) is 5.02. The van der Waals surface area contributed by atoms with Gasteiger partial charge in [-0.15, -0.1) is 0 Å². The first kappa shape index (κ1) is 24.2. The van der Waals surface area contributed by atoms with Gasteiger partial charge in [-0.25, -0.2) is 4.79 Å². The van der Waals surface area contributed by atoms with E-state index in [1.54, 1.807) is 0 Å². The van der Waals surface area contributed by atoms with E-state index in [1.165, 1.54) is 89.9 Å². The van der Waals surface area contributed by atoms with Crippen molar-refractivity contribution < 1.29 is 9.90 Å². The summed E-state index contributed by atoms with van der Waals surface area (Å²) in [5.74, 6) is -0.706. The van der Waals surface area contributed by atoms with E-state index in [-0.39, 0.29) is 0 Å². The van der Waals surface area contributed by atoms with Gasteiger partial charge >= 0.3 is 5.97 Å². The van der Waals surface area contributed by atoms with Crippen LogP contribution in [0.2, 0.25) is 0 Å². The summed E-state index contributed by atoms with van der Waals surface area (Å²) in [5, 5.41) is 9.33. The second-order valence-corrected chi connectivity index (χ2v) is 7.52. The number of carboxylic acids is 1. The maximum atomic E-state index is 11.3. The van der Waals surface area contributed by atoms with E-state index in [0.717, 1.165) is 25.7 Å². The van der Waals surface area contributed by atoms with E-state index in [9.17, 15) is 9.90 Å². The number of carboxylic acid groups (broad SMARTS) is 1. The average molecular weight is 353 g/mol. The van der Waals surface area contributed by atoms with E-state index in [4.69, 9.17) is 0 Å². The molecule has 0 aromatic carbocycles. The molecule has 0 fully saturated rings. The molecule has 0 atom stereocenters. The molecule has 0 aliphatic heterocycles. The molecular formula is C23H44O2. The molecular weight excluding hydrogens is 308 g/mol. The molecule has 25 heavy (non-hydrogen) atoms. The number of allylic oxidation sites excluding steroid dienone is 1. The Kier molecular flexibility index (Phi) is 18.9. The summed E-state index contributed by atoms with van der Waals surface area (Å²) >= 11 is 0. The van der Waals surface area contributed by atoms with Gasteiger partial charge in [-0.1, -0.05) is 110 Å². The molecule has 0 rings (SSSR count). The molecule has 0 aliphatic carbocycles. The van der Waals surface area contributed by atoms with Gasteiger partial charge in [0.05, 0.1) is 0 Å². The fourth-order valence-corrected chi connectivity index (χ4v) is 3.30. The predicted molar refractivity (Wildman–Crippen MR) is 110 cm³/mol. The minimum Gasteiger partial charge on any atom is -0.478 e. The van der Waals surface area contributed by atoms with Crippen LogP contribution in [-0.2, 0) is 4.79 Å². The summed E-state index contributed by atoms with van der Waals surface area (Å²) in [6.45, 7) is 4.49. The molecule has 2 heteroatoms. The molecule has 0 unspecified atom stereocenters. The van der Waals surface area contributed by atoms with Gasteiger partial charge in [-0.3, -0.25) is 0 Å². The number of hydrogen-bond acceptors (Lipinski definition) is 1. The van der Waals surface area contributed by atoms with E-state index in [1.807, 2.05) is 6.08 Å². The monoisotopic (exact) mass is 352 g/mol. The number of hydrogen-bond donors (Lipinski definition) is 1. The van der Waals surface area contributed by atoms with Crippen LogP contribution in [0.25, 0.3) is 0 Å². The number of rotatable bonds is 19. The Labute approximate surface area is 157 Å². The Hall–Kier alpha value is -0.790. The van der Waals surface area contributed by atoms with E-state index in [2.05, 4.69) is 13.8 Å². The van der Waals surface area contributed by atoms with Crippen molar-refractivity contribution in [3.63, 3.8) is 0 Å². The van der Waals surface area contributed by atoms with E-state index in [0.29, 0.717) is 5.57 Å². The largest absolute Gasteiger partial charge is 0.478 e. The SMILES string of the molecule is CCCCCCCCCCC=C(CCCCCCCCCC)C(=O)O. The van der Waals surface area contributed by atoms with Gasteiger partial charge in [0, 0.05) is 5.57 Å². The van der Waals surface area contributed by atoms with Gasteiger partial charge < -0.3 is 5.11 Å². The molecule has 0 aromatic rings. The van der Waals surface area contributed by atoms with Crippen molar-refractivity contribution >= 4 is 5.97 Å². The number of carbonyl (C=O) groups is 1. The average Bonchev–Trinajstić information content (AvgIpc) is 2.60. The highest BCUT2D eigenvalue weighted by Crippen LogP contribution is 2.15. The van der Waals surface area contributed by atoms with Crippen molar-refractivity contribution in [3.8, 4) is 0 Å². The third-order valence-corrected chi connectivity index (χ3v) is 5.02. The quantitative estimate of drug-likeness (QED) is 0.188. The Morgan fingerprint density at radius 3 is 1.48 bits per heavy atom. The van der Waals surface area contributed by atoms with Crippen LogP contribution < -0.4 is 0 Å². The van der Waals surface area contributed by atoms with Crippen LogP contribution in [0, 0.1) is 0 Å². The van der Waals surface area contributed by atoms with Crippen LogP contribution in [0.4, 0.5) is 0 Å². The fourth-order valence-electron chi connectivity index (χ4n) is 3.30. The Morgan fingerprint density at radius 2 is 1.04 bits per heavy atom. The lowest BCUT2D eigenvalue weighted by Gasteiger charge is -2.04. The molecule has 1 N–H and O–H groups in total. The van der Waals surface area contributed by atoms with Gasteiger partial charge in [0.25, 0.3) is 0 Å². The van der Waals surface area contributed by atoms with Crippen LogP contribution in [0.15, 0.2) is 11.6 Å². The number of aliphatic carboxylic acids is 1. The zero-order valence-electron chi connectivity index (χ0n) is 17.2. The molecule has 0 spiro atoms. The highest BCUT2D eigenvalue weighted by Gasteiger charge is 2.06. The molecule has 0 aromatic heterocycles. The topological polar surface area (TPSA) is 37.3 Å². The van der Waals surface area contributed by atoms with Crippen molar-refractivity contribution in [2.45, 2.75) is 129 Å². The minimum atomic E-state index is -0.706. The van der Waals surface area contributed by atoms with Crippen LogP contribution in [0.5, 0.6) is 0 Å². The van der Waals surface area contributed by atoms with Crippen LogP contribution in [0.1, 0.15) is 129 Å². The first-order chi connectivity index (χ1) is 12.2. The van der Waals surface area contributed by atoms with Crippen LogP contribution in [0.3, 0.4) is 0 Å². The first-order valence-corrected chi connectivity index (χ1v) is 11.1. The zero-order chi connectivity index (χ0) is 18.6. The van der Waals surface area contributed by atoms with E-state index >= 15 is 0 Å². The van der Waals surface area contributed by atoms with Gasteiger partial charge in [0.15, 0.2) is 0 Å². The maximum Gasteiger partial charge on any atom is 0.331 e. The van der Waals surface area contributed by atoms with Crippen molar-refractivity contribution in [2.75, 3.05) is 0 Å². The smallest absolute Gasteiger partial charge is 0.331 e. The molecule has 0 amide bonds. The third kappa shape index (κ3) is 17.8. The first-order valence-electron chi connectivity index (χ1n) is 11.1. The van der Waals surface area contributed by atoms with Gasteiger partial charge in [0.2, 0.25) is 0 Å². The Balaban J connectivity index is 3.62. The summed E-state index contributed by atoms with van der Waals surface area (Å²) in [4.78, 5) is 11.3. The molecule has 0 radical (unpaired) electrons. The summed E-state index contributed by atoms with van der Waals surface area (Å²) in [6.07, 6.45) is 24.2. The molecule has 0 saturated heterocycles. The Bertz CT molecular complexity index is 320. The Morgan fingerprint density at radius 1 is 0.640 bits per heavy atom. The van der Waals surface area contributed by atoms with Crippen LogP contribution >= 0.6 is 0 Å². The molecule has 0 bridgehead atoms. The standard InChI is InChI=1S/C23H44O2/c1-3-5-7-9-11-13-15-17-19-21-22(23(24)25)20-18-16-14-12-10-8-6-4-2/h21H,3-20H2,1-2H3,(H,24,25). The number of unbranched alkanes of at least 4 members (excludes halogenated alkanes) is 15. The summed E-state index contributed by atoms with van der Waals surface area (Å²) in [6, 6.07) is 0. The molecule has 2 nitrogen and oxygen atoms in total. The molecule has 148 valence electrons. The van der Waals surface area contributed by atoms with Crippen LogP contribution in [-0.4, -0.2) is 11.1 Å². The van der Waals surface area contributed by atoms with Crippen molar-refractivity contribution in [2.24, 2.45) is 0 Å². The highest BCUT2D eigenvalue weighted by atomic mass is 16.4. The van der Waals surface area contributed by atoms with Crippen molar-refractivity contribution in [1.82, 2.24) is 0 Å². The van der Waals surface area contributed by atoms with Crippen molar-refractivity contribution in [1.29, 1.82) is 0 Å². The second-order valence-electron chi connectivity index (χ2n) is 7.52.